The van der Waals surface area contributed by atoms with Crippen molar-refractivity contribution < 1.29 is 19.4 Å². The number of benzene rings is 1. The summed E-state index contributed by atoms with van der Waals surface area (Å²) >= 11 is 0. The van der Waals surface area contributed by atoms with Crippen LogP contribution in [0.3, 0.4) is 0 Å². The maximum Gasteiger partial charge on any atom is 0.326 e. The zero-order valence-electron chi connectivity index (χ0n) is 11.1. The Balaban J connectivity index is 2.33. The normalized spacial score (nSPS) is 11.9. The Labute approximate surface area is 112 Å². The van der Waals surface area contributed by atoms with E-state index >= 15 is 0 Å². The van der Waals surface area contributed by atoms with Crippen LogP contribution in [-0.2, 0) is 9.59 Å². The number of carboxylic acid groups (broad SMARTS) is 1. The molecular formula is C14H19NO4. The molecule has 0 fully saturated rings. The van der Waals surface area contributed by atoms with Gasteiger partial charge in [-0.3, -0.25) is 4.79 Å². The Morgan fingerprint density at radius 1 is 1.26 bits per heavy atom. The van der Waals surface area contributed by atoms with Crippen LogP contribution in [0.25, 0.3) is 0 Å². The van der Waals surface area contributed by atoms with Crippen molar-refractivity contribution in [1.82, 2.24) is 5.32 Å². The lowest BCUT2D eigenvalue weighted by molar-refractivity contribution is -0.143. The van der Waals surface area contributed by atoms with Gasteiger partial charge in [0.15, 0.2) is 0 Å². The van der Waals surface area contributed by atoms with Gasteiger partial charge in [-0.15, -0.1) is 0 Å². The lowest BCUT2D eigenvalue weighted by Crippen LogP contribution is -2.44. The average Bonchev–Trinajstić information content (AvgIpc) is 2.36. The summed E-state index contributed by atoms with van der Waals surface area (Å²) in [6.45, 7) is 3.72. The molecule has 5 heteroatoms. The first-order valence-electron chi connectivity index (χ1n) is 6.20. The van der Waals surface area contributed by atoms with Gasteiger partial charge in [-0.1, -0.05) is 32.0 Å². The molecule has 0 aliphatic carbocycles. The van der Waals surface area contributed by atoms with E-state index in [1.807, 2.05) is 18.2 Å². The van der Waals surface area contributed by atoms with Gasteiger partial charge < -0.3 is 15.2 Å². The molecule has 0 aliphatic heterocycles. The third-order valence-electron chi connectivity index (χ3n) is 2.59. The number of ether oxygens (including phenoxy) is 1. The van der Waals surface area contributed by atoms with Gasteiger partial charge in [-0.05, 0) is 18.1 Å². The monoisotopic (exact) mass is 265 g/mol. The highest BCUT2D eigenvalue weighted by atomic mass is 16.5. The minimum atomic E-state index is -1.02. The van der Waals surface area contributed by atoms with Crippen molar-refractivity contribution in [3.05, 3.63) is 30.3 Å². The van der Waals surface area contributed by atoms with E-state index in [4.69, 9.17) is 9.84 Å². The number of carbonyl (C=O) groups is 2. The second-order valence-electron chi connectivity index (χ2n) is 4.54. The number of hydrogen-bond donors (Lipinski definition) is 2. The summed E-state index contributed by atoms with van der Waals surface area (Å²) in [5, 5.41) is 11.4. The van der Waals surface area contributed by atoms with Crippen molar-refractivity contribution in [3.63, 3.8) is 0 Å². The van der Waals surface area contributed by atoms with E-state index in [2.05, 4.69) is 5.32 Å². The van der Waals surface area contributed by atoms with Gasteiger partial charge in [0.25, 0.3) is 0 Å². The molecule has 0 saturated carbocycles. The van der Waals surface area contributed by atoms with E-state index < -0.39 is 12.0 Å². The molecule has 1 unspecified atom stereocenters. The van der Waals surface area contributed by atoms with Gasteiger partial charge in [-0.25, -0.2) is 4.79 Å². The zero-order chi connectivity index (χ0) is 14.3. The molecule has 0 heterocycles. The Morgan fingerprint density at radius 2 is 1.89 bits per heavy atom. The fourth-order valence-corrected chi connectivity index (χ4v) is 1.54. The smallest absolute Gasteiger partial charge is 0.326 e. The quantitative estimate of drug-likeness (QED) is 0.786. The van der Waals surface area contributed by atoms with Crippen molar-refractivity contribution in [3.8, 4) is 5.75 Å². The summed E-state index contributed by atoms with van der Waals surface area (Å²) in [6.07, 6.45) is 0.130. The van der Waals surface area contributed by atoms with E-state index in [-0.39, 0.29) is 24.9 Å². The van der Waals surface area contributed by atoms with Crippen LogP contribution in [0.2, 0.25) is 0 Å². The van der Waals surface area contributed by atoms with E-state index in [9.17, 15) is 9.59 Å². The minimum absolute atomic E-state index is 0.130. The summed E-state index contributed by atoms with van der Waals surface area (Å²) in [5.41, 5.74) is 0. The molecule has 19 heavy (non-hydrogen) atoms. The molecular weight excluding hydrogens is 246 g/mol. The van der Waals surface area contributed by atoms with E-state index in [0.29, 0.717) is 5.75 Å². The van der Waals surface area contributed by atoms with Crippen molar-refractivity contribution >= 4 is 11.9 Å². The highest BCUT2D eigenvalue weighted by molar-refractivity contribution is 5.83. The lowest BCUT2D eigenvalue weighted by atomic mass is 10.0. The minimum Gasteiger partial charge on any atom is -0.493 e. The number of rotatable bonds is 7. The molecule has 0 aromatic heterocycles. The number of aliphatic carboxylic acids is 1. The Morgan fingerprint density at radius 3 is 2.42 bits per heavy atom. The van der Waals surface area contributed by atoms with E-state index in [1.165, 1.54) is 0 Å². The zero-order valence-corrected chi connectivity index (χ0v) is 11.1. The highest BCUT2D eigenvalue weighted by Crippen LogP contribution is 2.08. The van der Waals surface area contributed by atoms with Crippen molar-refractivity contribution in [2.75, 3.05) is 6.61 Å². The van der Waals surface area contributed by atoms with Gasteiger partial charge in [-0.2, -0.15) is 0 Å². The van der Waals surface area contributed by atoms with Crippen molar-refractivity contribution in [2.45, 2.75) is 26.3 Å². The Bertz CT molecular complexity index is 417. The standard InChI is InChI=1S/C14H19NO4/c1-10(2)13(14(17)18)15-12(16)8-9-19-11-6-4-3-5-7-11/h3-7,10,13H,8-9H2,1-2H3,(H,15,16)(H,17,18). The SMILES string of the molecule is CC(C)C(NC(=O)CCOc1ccccc1)C(=O)O. The number of amides is 1. The molecule has 1 amide bonds. The number of para-hydroxylation sites is 1. The van der Waals surface area contributed by atoms with Crippen LogP contribution >= 0.6 is 0 Å². The van der Waals surface area contributed by atoms with Gasteiger partial charge in [0.05, 0.1) is 13.0 Å². The molecule has 2 N–H and O–H groups in total. The number of carboxylic acids is 1. The van der Waals surface area contributed by atoms with Crippen LogP contribution in [0.4, 0.5) is 0 Å². The van der Waals surface area contributed by atoms with Crippen molar-refractivity contribution in [1.29, 1.82) is 0 Å². The molecule has 0 radical (unpaired) electrons. The van der Waals surface area contributed by atoms with Crippen LogP contribution in [0.15, 0.2) is 30.3 Å². The maximum atomic E-state index is 11.6. The first-order valence-corrected chi connectivity index (χ1v) is 6.20. The largest absolute Gasteiger partial charge is 0.493 e. The summed E-state index contributed by atoms with van der Waals surface area (Å²) in [6, 6.07) is 8.30. The third-order valence-corrected chi connectivity index (χ3v) is 2.59. The topological polar surface area (TPSA) is 75.6 Å². The molecule has 1 aromatic carbocycles. The van der Waals surface area contributed by atoms with Crippen molar-refractivity contribution in [2.24, 2.45) is 5.92 Å². The van der Waals surface area contributed by atoms with Gasteiger partial charge >= 0.3 is 5.97 Å². The van der Waals surface area contributed by atoms with Crippen LogP contribution in [-0.4, -0.2) is 29.6 Å². The predicted octanol–water partition coefficient (Wildman–Crippen LogP) is 1.68. The molecule has 0 spiro atoms. The summed E-state index contributed by atoms with van der Waals surface area (Å²) in [7, 11) is 0. The highest BCUT2D eigenvalue weighted by Gasteiger charge is 2.22. The van der Waals surface area contributed by atoms with Gasteiger partial charge in [0.2, 0.25) is 5.91 Å². The number of nitrogens with one attached hydrogen (secondary N) is 1. The predicted molar refractivity (Wildman–Crippen MR) is 71.0 cm³/mol. The number of hydrogen-bond acceptors (Lipinski definition) is 3. The van der Waals surface area contributed by atoms with E-state index in [0.717, 1.165) is 0 Å². The molecule has 1 rings (SSSR count). The molecule has 0 saturated heterocycles. The fraction of sp³-hybridized carbons (Fsp3) is 0.429. The van der Waals surface area contributed by atoms with E-state index in [1.54, 1.807) is 26.0 Å². The van der Waals surface area contributed by atoms with Crippen LogP contribution in [0.1, 0.15) is 20.3 Å². The third kappa shape index (κ3) is 5.42. The first-order chi connectivity index (χ1) is 9.00. The fourth-order valence-electron chi connectivity index (χ4n) is 1.54. The molecule has 104 valence electrons. The molecule has 1 aromatic rings. The van der Waals surface area contributed by atoms with Crippen LogP contribution < -0.4 is 10.1 Å². The lowest BCUT2D eigenvalue weighted by Gasteiger charge is -2.17. The summed E-state index contributed by atoms with van der Waals surface area (Å²) < 4.78 is 5.37. The van der Waals surface area contributed by atoms with Gasteiger partial charge in [0, 0.05) is 0 Å². The Kier molecular flexibility index (Phi) is 5.85. The average molecular weight is 265 g/mol. The molecule has 1 atom stereocenters. The Hall–Kier alpha value is -2.04. The first kappa shape index (κ1) is 15.0. The summed E-state index contributed by atoms with van der Waals surface area (Å²) in [4.78, 5) is 22.5. The molecule has 5 nitrogen and oxygen atoms in total. The summed E-state index contributed by atoms with van der Waals surface area (Å²) in [5.74, 6) is -0.810. The van der Waals surface area contributed by atoms with Crippen LogP contribution in [0, 0.1) is 5.92 Å². The van der Waals surface area contributed by atoms with Gasteiger partial charge in [0.1, 0.15) is 11.8 Å². The molecule has 0 aliphatic rings. The second kappa shape index (κ2) is 7.41. The number of carbonyl (C=O) groups excluding carboxylic acids is 1. The second-order valence-corrected chi connectivity index (χ2v) is 4.54. The molecule has 0 bridgehead atoms. The maximum absolute atomic E-state index is 11.6. The van der Waals surface area contributed by atoms with Crippen LogP contribution in [0.5, 0.6) is 5.75 Å².